The summed E-state index contributed by atoms with van der Waals surface area (Å²) in [5, 5.41) is 9.45. The maximum absolute atomic E-state index is 9.45. The van der Waals surface area contributed by atoms with Crippen molar-refractivity contribution in [1.29, 1.82) is 0 Å². The number of ether oxygens (including phenoxy) is 1. The number of thioether (sulfide) groups is 1. The summed E-state index contributed by atoms with van der Waals surface area (Å²) >= 11 is 1.81. The fourth-order valence-electron chi connectivity index (χ4n) is 0.817. The summed E-state index contributed by atoms with van der Waals surface area (Å²) in [5.74, 6) is 1.95. The molecule has 0 spiro atoms. The molecule has 0 rings (SSSR count). The van der Waals surface area contributed by atoms with E-state index >= 15 is 0 Å². The van der Waals surface area contributed by atoms with Crippen molar-refractivity contribution in [3.05, 3.63) is 0 Å². The van der Waals surface area contributed by atoms with Crippen LogP contribution in [0.3, 0.4) is 0 Å². The highest BCUT2D eigenvalue weighted by Crippen LogP contribution is 2.07. The van der Waals surface area contributed by atoms with Gasteiger partial charge in [-0.05, 0) is 26.0 Å². The number of hydrogen-bond acceptors (Lipinski definition) is 3. The summed E-state index contributed by atoms with van der Waals surface area (Å²) in [6, 6.07) is 0. The van der Waals surface area contributed by atoms with Crippen LogP contribution < -0.4 is 0 Å². The monoisotopic (exact) mass is 206 g/mol. The third-order valence-corrected chi connectivity index (χ3v) is 2.77. The third kappa shape index (κ3) is 10.2. The number of hydrogen-bond donors (Lipinski definition) is 1. The van der Waals surface area contributed by atoms with E-state index in [4.69, 9.17) is 4.74 Å². The summed E-state index contributed by atoms with van der Waals surface area (Å²) in [7, 11) is 0. The van der Waals surface area contributed by atoms with Gasteiger partial charge < -0.3 is 9.84 Å². The van der Waals surface area contributed by atoms with Crippen molar-refractivity contribution in [3.8, 4) is 0 Å². The van der Waals surface area contributed by atoms with E-state index in [0.717, 1.165) is 11.5 Å². The van der Waals surface area contributed by atoms with E-state index in [1.54, 1.807) is 0 Å². The lowest BCUT2D eigenvalue weighted by molar-refractivity contribution is 0.0152. The van der Waals surface area contributed by atoms with Crippen LogP contribution in [0.25, 0.3) is 0 Å². The molecule has 0 fully saturated rings. The second-order valence-electron chi connectivity index (χ2n) is 3.46. The Labute approximate surface area is 86.1 Å². The van der Waals surface area contributed by atoms with Crippen molar-refractivity contribution in [1.82, 2.24) is 0 Å². The highest BCUT2D eigenvalue weighted by molar-refractivity contribution is 7.99. The molecule has 0 aromatic rings. The Bertz CT molecular complexity index is 107. The summed E-state index contributed by atoms with van der Waals surface area (Å²) in [4.78, 5) is 0. The fourth-order valence-corrected chi connectivity index (χ4v) is 1.85. The second-order valence-corrected chi connectivity index (χ2v) is 4.61. The molecule has 13 heavy (non-hydrogen) atoms. The van der Waals surface area contributed by atoms with Crippen molar-refractivity contribution in [2.45, 2.75) is 45.8 Å². The average Bonchev–Trinajstić information content (AvgIpc) is 2.09. The van der Waals surface area contributed by atoms with Crippen LogP contribution in [-0.2, 0) is 4.74 Å². The zero-order chi connectivity index (χ0) is 10.1. The molecular formula is C10H22O2S. The van der Waals surface area contributed by atoms with Crippen LogP contribution in [0.4, 0.5) is 0 Å². The lowest BCUT2D eigenvalue weighted by atomic mass is 10.4. The minimum absolute atomic E-state index is 0.218. The van der Waals surface area contributed by atoms with E-state index in [1.165, 1.54) is 12.8 Å². The smallest absolute Gasteiger partial charge is 0.0863 e. The molecule has 0 unspecified atom stereocenters. The molecule has 80 valence electrons. The van der Waals surface area contributed by atoms with Gasteiger partial charge in [-0.15, -0.1) is 0 Å². The second kappa shape index (κ2) is 8.85. The van der Waals surface area contributed by atoms with Crippen LogP contribution in [0.15, 0.2) is 0 Å². The van der Waals surface area contributed by atoms with Crippen LogP contribution in [0, 0.1) is 0 Å². The molecule has 0 bridgehead atoms. The molecule has 0 heterocycles. The highest BCUT2D eigenvalue weighted by Gasteiger charge is 2.04. The summed E-state index contributed by atoms with van der Waals surface area (Å²) in [6.07, 6.45) is 2.38. The Morgan fingerprint density at radius 2 is 2.08 bits per heavy atom. The van der Waals surface area contributed by atoms with Crippen molar-refractivity contribution < 1.29 is 9.84 Å². The first-order valence-electron chi connectivity index (χ1n) is 5.04. The Kier molecular flexibility index (Phi) is 9.03. The molecule has 0 aromatic carbocycles. The maximum Gasteiger partial charge on any atom is 0.0863 e. The van der Waals surface area contributed by atoms with Crippen molar-refractivity contribution in [2.24, 2.45) is 0 Å². The third-order valence-electron chi connectivity index (χ3n) is 1.57. The van der Waals surface area contributed by atoms with E-state index in [2.05, 4.69) is 6.92 Å². The Morgan fingerprint density at radius 1 is 1.38 bits per heavy atom. The van der Waals surface area contributed by atoms with Crippen LogP contribution >= 0.6 is 11.8 Å². The first kappa shape index (κ1) is 13.3. The fraction of sp³-hybridized carbons (Fsp3) is 1.00. The van der Waals surface area contributed by atoms with E-state index in [9.17, 15) is 5.11 Å². The maximum atomic E-state index is 9.45. The number of unbranched alkanes of at least 4 members (excludes halogenated alkanes) is 1. The molecule has 0 saturated heterocycles. The molecule has 0 aliphatic rings. The van der Waals surface area contributed by atoms with Gasteiger partial charge in [0.25, 0.3) is 0 Å². The molecule has 2 nitrogen and oxygen atoms in total. The summed E-state index contributed by atoms with van der Waals surface area (Å²) in [5.41, 5.74) is 0. The van der Waals surface area contributed by atoms with Crippen LogP contribution in [0.5, 0.6) is 0 Å². The largest absolute Gasteiger partial charge is 0.390 e. The van der Waals surface area contributed by atoms with E-state index in [-0.39, 0.29) is 12.2 Å². The molecule has 3 heteroatoms. The topological polar surface area (TPSA) is 29.5 Å². The number of aliphatic hydroxyl groups excluding tert-OH is 1. The van der Waals surface area contributed by atoms with Crippen molar-refractivity contribution >= 4 is 11.8 Å². The molecule has 1 N–H and O–H groups in total. The Morgan fingerprint density at radius 3 is 2.62 bits per heavy atom. The summed E-state index contributed by atoms with van der Waals surface area (Å²) in [6.45, 7) is 6.61. The molecule has 0 aromatic heterocycles. The van der Waals surface area contributed by atoms with Gasteiger partial charge in [0.1, 0.15) is 0 Å². The number of aliphatic hydroxyl groups is 1. The SMILES string of the molecule is CCCCSC[C@H](O)COC(C)C. The lowest BCUT2D eigenvalue weighted by Gasteiger charge is -2.12. The standard InChI is InChI=1S/C10H22O2S/c1-4-5-6-13-8-10(11)7-12-9(2)3/h9-11H,4-8H2,1-3H3/t10-/m1/s1. The predicted octanol–water partition coefficient (Wildman–Crippen LogP) is 2.31. The van der Waals surface area contributed by atoms with Gasteiger partial charge in [0.15, 0.2) is 0 Å². The first-order valence-corrected chi connectivity index (χ1v) is 6.19. The van der Waals surface area contributed by atoms with Gasteiger partial charge >= 0.3 is 0 Å². The predicted molar refractivity (Wildman–Crippen MR) is 59.3 cm³/mol. The van der Waals surface area contributed by atoms with Gasteiger partial charge in [-0.2, -0.15) is 11.8 Å². The van der Waals surface area contributed by atoms with Crippen LogP contribution in [0.2, 0.25) is 0 Å². The molecule has 0 amide bonds. The van der Waals surface area contributed by atoms with Crippen molar-refractivity contribution in [3.63, 3.8) is 0 Å². The minimum Gasteiger partial charge on any atom is -0.390 e. The first-order chi connectivity index (χ1) is 6.16. The van der Waals surface area contributed by atoms with Crippen molar-refractivity contribution in [2.75, 3.05) is 18.1 Å². The van der Waals surface area contributed by atoms with Gasteiger partial charge in [0.05, 0.1) is 18.8 Å². The molecule has 1 atom stereocenters. The van der Waals surface area contributed by atoms with Crippen LogP contribution in [0.1, 0.15) is 33.6 Å². The Hall–Kier alpha value is 0.270. The minimum atomic E-state index is -0.302. The van der Waals surface area contributed by atoms with E-state index in [1.807, 2.05) is 25.6 Å². The molecular weight excluding hydrogens is 184 g/mol. The summed E-state index contributed by atoms with van der Waals surface area (Å²) < 4.78 is 5.30. The van der Waals surface area contributed by atoms with Gasteiger partial charge in [-0.1, -0.05) is 13.3 Å². The highest BCUT2D eigenvalue weighted by atomic mass is 32.2. The van der Waals surface area contributed by atoms with Gasteiger partial charge in [-0.3, -0.25) is 0 Å². The van der Waals surface area contributed by atoms with E-state index < -0.39 is 0 Å². The van der Waals surface area contributed by atoms with Gasteiger partial charge in [0.2, 0.25) is 0 Å². The zero-order valence-electron chi connectivity index (χ0n) is 8.95. The molecule has 0 aliphatic carbocycles. The van der Waals surface area contributed by atoms with Gasteiger partial charge in [-0.25, -0.2) is 0 Å². The Balaban J connectivity index is 3.15. The van der Waals surface area contributed by atoms with Gasteiger partial charge in [0, 0.05) is 5.75 Å². The molecule has 0 radical (unpaired) electrons. The number of rotatable bonds is 8. The van der Waals surface area contributed by atoms with Crippen LogP contribution in [-0.4, -0.2) is 35.4 Å². The zero-order valence-corrected chi connectivity index (χ0v) is 9.77. The van der Waals surface area contributed by atoms with E-state index in [0.29, 0.717) is 6.61 Å². The lowest BCUT2D eigenvalue weighted by Crippen LogP contribution is -2.20. The molecule has 0 saturated carbocycles. The average molecular weight is 206 g/mol. The molecule has 0 aliphatic heterocycles. The quantitative estimate of drug-likeness (QED) is 0.618. The normalized spacial score (nSPS) is 13.6.